The van der Waals surface area contributed by atoms with Gasteiger partial charge in [-0.05, 0) is 42.9 Å². The van der Waals surface area contributed by atoms with E-state index in [0.29, 0.717) is 31.3 Å². The summed E-state index contributed by atoms with van der Waals surface area (Å²) in [6.45, 7) is 3.38. The highest BCUT2D eigenvalue weighted by atomic mass is 32.1. The summed E-state index contributed by atoms with van der Waals surface area (Å²) in [5.41, 5.74) is 2.07. The lowest BCUT2D eigenvalue weighted by atomic mass is 9.93. The monoisotopic (exact) mass is 344 g/mol. The number of fused-ring (bicyclic) bond motifs is 2. The van der Waals surface area contributed by atoms with E-state index >= 15 is 0 Å². The van der Waals surface area contributed by atoms with Gasteiger partial charge in [0.2, 0.25) is 5.91 Å². The average Bonchev–Trinajstić information content (AvgIpc) is 2.95. The second kappa shape index (κ2) is 6.43. The van der Waals surface area contributed by atoms with Gasteiger partial charge < -0.3 is 14.8 Å². The molecule has 0 radical (unpaired) electrons. The summed E-state index contributed by atoms with van der Waals surface area (Å²) in [6.07, 6.45) is 3.58. The summed E-state index contributed by atoms with van der Waals surface area (Å²) in [6, 6.07) is 5.64. The molecule has 1 aliphatic carbocycles. The number of nitrogens with zero attached hydrogens (tertiary/aromatic N) is 1. The molecule has 1 aromatic carbocycles. The van der Waals surface area contributed by atoms with Crippen LogP contribution in [0.4, 0.5) is 5.13 Å². The number of aryl methyl sites for hydroxylation is 1. The number of hydrogen-bond acceptors (Lipinski definition) is 5. The summed E-state index contributed by atoms with van der Waals surface area (Å²) in [5, 5.41) is 3.66. The Kier molecular flexibility index (Phi) is 4.14. The summed E-state index contributed by atoms with van der Waals surface area (Å²) in [7, 11) is 0. The molecule has 1 amide bonds. The molecule has 0 saturated heterocycles. The van der Waals surface area contributed by atoms with Gasteiger partial charge in [-0.2, -0.15) is 0 Å². The highest BCUT2D eigenvalue weighted by molar-refractivity contribution is 7.15. The lowest BCUT2D eigenvalue weighted by molar-refractivity contribution is -0.115. The van der Waals surface area contributed by atoms with Gasteiger partial charge in [-0.1, -0.05) is 13.0 Å². The van der Waals surface area contributed by atoms with Gasteiger partial charge in [0.15, 0.2) is 16.6 Å². The number of nitrogens with one attached hydrogen (secondary N) is 1. The largest absolute Gasteiger partial charge is 0.486 e. The smallest absolute Gasteiger partial charge is 0.230 e. The van der Waals surface area contributed by atoms with Crippen molar-refractivity contribution in [3.8, 4) is 11.5 Å². The van der Waals surface area contributed by atoms with E-state index in [1.165, 1.54) is 11.3 Å². The predicted octanol–water partition coefficient (Wildman–Crippen LogP) is 3.22. The van der Waals surface area contributed by atoms with Crippen molar-refractivity contribution >= 4 is 22.4 Å². The number of carbonyl (C=O) groups excluding carboxylic acids is 1. The van der Waals surface area contributed by atoms with E-state index < -0.39 is 0 Å². The normalized spacial score (nSPS) is 18.8. The van der Waals surface area contributed by atoms with E-state index in [2.05, 4.69) is 17.2 Å². The molecular formula is C18H20N2O3S. The van der Waals surface area contributed by atoms with Gasteiger partial charge in [0.05, 0.1) is 12.1 Å². The molecule has 1 unspecified atom stereocenters. The zero-order valence-electron chi connectivity index (χ0n) is 13.6. The van der Waals surface area contributed by atoms with Gasteiger partial charge in [-0.25, -0.2) is 4.98 Å². The lowest BCUT2D eigenvalue weighted by Gasteiger charge is -2.18. The van der Waals surface area contributed by atoms with Gasteiger partial charge in [-0.15, -0.1) is 11.3 Å². The zero-order chi connectivity index (χ0) is 16.5. The first-order valence-corrected chi connectivity index (χ1v) is 9.16. The molecule has 0 bridgehead atoms. The Balaban J connectivity index is 1.42. The minimum absolute atomic E-state index is 0.0502. The van der Waals surface area contributed by atoms with Crippen LogP contribution in [-0.2, 0) is 24.1 Å². The van der Waals surface area contributed by atoms with E-state index in [1.807, 2.05) is 18.2 Å². The van der Waals surface area contributed by atoms with Crippen LogP contribution < -0.4 is 14.8 Å². The van der Waals surface area contributed by atoms with E-state index in [-0.39, 0.29) is 5.91 Å². The standard InChI is InChI=1S/C18H20N2O3S/c1-11-2-4-13-16(8-11)24-18(19-13)20-17(21)10-12-3-5-14-15(9-12)23-7-6-22-14/h3,5,9,11H,2,4,6-8,10H2,1H3,(H,19,20,21). The number of hydrogen-bond donors (Lipinski definition) is 1. The van der Waals surface area contributed by atoms with Crippen LogP contribution in [0.3, 0.4) is 0 Å². The molecular weight excluding hydrogens is 324 g/mol. The number of thiazole rings is 1. The third kappa shape index (κ3) is 3.24. The number of benzene rings is 1. The molecule has 1 aliphatic heterocycles. The molecule has 0 fully saturated rings. The number of anilines is 1. The molecule has 2 aliphatic rings. The molecule has 0 saturated carbocycles. The fraction of sp³-hybridized carbons (Fsp3) is 0.444. The SMILES string of the molecule is CC1CCc2nc(NC(=O)Cc3ccc4c(c3)OCCO4)sc2C1. The third-order valence-corrected chi connectivity index (χ3v) is 5.44. The highest BCUT2D eigenvalue weighted by Gasteiger charge is 2.20. The quantitative estimate of drug-likeness (QED) is 0.929. The second-order valence-electron chi connectivity index (χ2n) is 6.44. The number of rotatable bonds is 3. The number of carbonyl (C=O) groups is 1. The van der Waals surface area contributed by atoms with Crippen LogP contribution in [0.25, 0.3) is 0 Å². The molecule has 1 N–H and O–H groups in total. The molecule has 0 spiro atoms. The van der Waals surface area contributed by atoms with Gasteiger partial charge in [0.1, 0.15) is 13.2 Å². The minimum Gasteiger partial charge on any atom is -0.486 e. The van der Waals surface area contributed by atoms with Crippen LogP contribution in [0.15, 0.2) is 18.2 Å². The van der Waals surface area contributed by atoms with Crippen molar-refractivity contribution in [3.63, 3.8) is 0 Å². The second-order valence-corrected chi connectivity index (χ2v) is 7.52. The van der Waals surface area contributed by atoms with Crippen LogP contribution in [0.2, 0.25) is 0 Å². The molecule has 126 valence electrons. The van der Waals surface area contributed by atoms with E-state index in [9.17, 15) is 4.79 Å². The van der Waals surface area contributed by atoms with E-state index in [0.717, 1.165) is 35.0 Å². The summed E-state index contributed by atoms with van der Waals surface area (Å²) in [5.74, 6) is 2.11. The summed E-state index contributed by atoms with van der Waals surface area (Å²) < 4.78 is 11.1. The fourth-order valence-corrected chi connectivity index (χ4v) is 4.33. The fourth-order valence-electron chi connectivity index (χ4n) is 3.14. The van der Waals surface area contributed by atoms with Crippen LogP contribution in [0, 0.1) is 5.92 Å². The molecule has 5 nitrogen and oxygen atoms in total. The van der Waals surface area contributed by atoms with Crippen LogP contribution in [-0.4, -0.2) is 24.1 Å². The van der Waals surface area contributed by atoms with Gasteiger partial charge in [0, 0.05) is 4.88 Å². The molecule has 2 heterocycles. The van der Waals surface area contributed by atoms with Crippen molar-refractivity contribution in [3.05, 3.63) is 34.3 Å². The Bertz CT molecular complexity index is 772. The Labute approximate surface area is 145 Å². The first-order chi connectivity index (χ1) is 11.7. The molecule has 1 atom stereocenters. The maximum Gasteiger partial charge on any atom is 0.230 e. The zero-order valence-corrected chi connectivity index (χ0v) is 14.4. The third-order valence-electron chi connectivity index (χ3n) is 4.40. The van der Waals surface area contributed by atoms with Crippen molar-refractivity contribution in [2.45, 2.75) is 32.6 Å². The Morgan fingerprint density at radius 1 is 1.33 bits per heavy atom. The summed E-state index contributed by atoms with van der Waals surface area (Å²) in [4.78, 5) is 18.2. The minimum atomic E-state index is -0.0502. The molecule has 4 rings (SSSR count). The summed E-state index contributed by atoms with van der Waals surface area (Å²) >= 11 is 1.61. The van der Waals surface area contributed by atoms with Crippen LogP contribution in [0.5, 0.6) is 11.5 Å². The van der Waals surface area contributed by atoms with Crippen LogP contribution >= 0.6 is 11.3 Å². The Morgan fingerprint density at radius 2 is 2.17 bits per heavy atom. The van der Waals surface area contributed by atoms with Crippen molar-refractivity contribution in [2.24, 2.45) is 5.92 Å². The number of aromatic nitrogens is 1. The van der Waals surface area contributed by atoms with Crippen molar-refractivity contribution in [1.82, 2.24) is 4.98 Å². The first-order valence-electron chi connectivity index (χ1n) is 8.34. The van der Waals surface area contributed by atoms with E-state index in [4.69, 9.17) is 9.47 Å². The van der Waals surface area contributed by atoms with Crippen molar-refractivity contribution < 1.29 is 14.3 Å². The maximum absolute atomic E-state index is 12.3. The highest BCUT2D eigenvalue weighted by Crippen LogP contribution is 2.33. The molecule has 2 aromatic rings. The average molecular weight is 344 g/mol. The van der Waals surface area contributed by atoms with Gasteiger partial charge in [-0.3, -0.25) is 4.79 Å². The topological polar surface area (TPSA) is 60.5 Å². The first kappa shape index (κ1) is 15.4. The van der Waals surface area contributed by atoms with Crippen molar-refractivity contribution in [1.29, 1.82) is 0 Å². The molecule has 6 heteroatoms. The number of amides is 1. The molecule has 1 aromatic heterocycles. The predicted molar refractivity (Wildman–Crippen MR) is 93.1 cm³/mol. The van der Waals surface area contributed by atoms with Gasteiger partial charge >= 0.3 is 0 Å². The van der Waals surface area contributed by atoms with Crippen LogP contribution in [0.1, 0.15) is 29.5 Å². The maximum atomic E-state index is 12.3. The number of ether oxygens (including phenoxy) is 2. The van der Waals surface area contributed by atoms with E-state index in [1.54, 1.807) is 11.3 Å². The Morgan fingerprint density at radius 3 is 3.04 bits per heavy atom. The lowest BCUT2D eigenvalue weighted by Crippen LogP contribution is -2.17. The van der Waals surface area contributed by atoms with Crippen molar-refractivity contribution in [2.75, 3.05) is 18.5 Å². The Hall–Kier alpha value is -2.08. The van der Waals surface area contributed by atoms with Gasteiger partial charge in [0.25, 0.3) is 0 Å². The molecule has 24 heavy (non-hydrogen) atoms.